The van der Waals surface area contributed by atoms with Gasteiger partial charge < -0.3 is 20.5 Å². The third-order valence-corrected chi connectivity index (χ3v) is 5.18. The summed E-state index contributed by atoms with van der Waals surface area (Å²) in [5, 5.41) is 2.63. The smallest absolute Gasteiger partial charge is 0.408 e. The molecule has 3 N–H and O–H groups in total. The Hall–Kier alpha value is -4.27. The van der Waals surface area contributed by atoms with Gasteiger partial charge in [0.25, 0.3) is 5.91 Å². The van der Waals surface area contributed by atoms with Gasteiger partial charge in [-0.1, -0.05) is 60.7 Å². The molecule has 0 saturated carbocycles. The zero-order valence-electron chi connectivity index (χ0n) is 19.3. The van der Waals surface area contributed by atoms with Gasteiger partial charge in [-0.2, -0.15) is 0 Å². The average molecular weight is 478 g/mol. The summed E-state index contributed by atoms with van der Waals surface area (Å²) in [6, 6.07) is 17.7. The Labute approximate surface area is 203 Å². The first-order valence-corrected chi connectivity index (χ1v) is 11.3. The molecule has 0 spiro atoms. The van der Waals surface area contributed by atoms with Gasteiger partial charge in [-0.15, -0.1) is 0 Å². The van der Waals surface area contributed by atoms with Crippen LogP contribution in [0.3, 0.4) is 0 Å². The van der Waals surface area contributed by atoms with E-state index in [-0.39, 0.29) is 18.9 Å². The predicted molar refractivity (Wildman–Crippen MR) is 127 cm³/mol. The molecule has 182 valence electrons. The molecule has 0 aliphatic heterocycles. The molecule has 0 bridgehead atoms. The van der Waals surface area contributed by atoms with E-state index in [1.54, 1.807) is 17.0 Å². The minimum absolute atomic E-state index is 0.0966. The fraction of sp³-hybridized carbons (Fsp3) is 0.269. The van der Waals surface area contributed by atoms with E-state index < -0.39 is 24.0 Å². The zero-order chi connectivity index (χ0) is 24.9. The van der Waals surface area contributed by atoms with Crippen molar-refractivity contribution in [2.45, 2.75) is 45.1 Å². The van der Waals surface area contributed by atoms with Crippen LogP contribution in [0.15, 0.2) is 79.3 Å². The number of carbonyl (C=O) groups excluding carboxylic acids is 3. The highest BCUT2D eigenvalue weighted by Crippen LogP contribution is 2.08. The molecule has 1 heterocycles. The maximum absolute atomic E-state index is 12.8. The van der Waals surface area contributed by atoms with E-state index in [2.05, 4.69) is 10.3 Å². The summed E-state index contributed by atoms with van der Waals surface area (Å²) >= 11 is 0. The van der Waals surface area contributed by atoms with Gasteiger partial charge in [-0.3, -0.25) is 4.79 Å². The van der Waals surface area contributed by atoms with Crippen LogP contribution in [0.1, 0.15) is 40.9 Å². The third-order valence-electron chi connectivity index (χ3n) is 5.18. The summed E-state index contributed by atoms with van der Waals surface area (Å²) < 4.78 is 12.5. The van der Waals surface area contributed by atoms with Crippen LogP contribution >= 0.6 is 0 Å². The van der Waals surface area contributed by atoms with Crippen LogP contribution in [0, 0.1) is 0 Å². The van der Waals surface area contributed by atoms with Crippen molar-refractivity contribution in [3.63, 3.8) is 0 Å². The normalized spacial score (nSPS) is 11.3. The molecule has 0 saturated heterocycles. The number of hydrogen-bond donors (Lipinski definition) is 2. The lowest BCUT2D eigenvalue weighted by Crippen LogP contribution is -2.42. The van der Waals surface area contributed by atoms with Gasteiger partial charge in [0, 0.05) is 6.42 Å². The van der Waals surface area contributed by atoms with Crippen molar-refractivity contribution in [2.24, 2.45) is 5.73 Å². The summed E-state index contributed by atoms with van der Waals surface area (Å²) in [6.45, 7) is 0.798. The molecule has 3 rings (SSSR count). The number of hydrogen-bond acceptors (Lipinski definition) is 6. The number of rotatable bonds is 12. The maximum atomic E-state index is 12.8. The molecule has 1 atom stereocenters. The van der Waals surface area contributed by atoms with Crippen molar-refractivity contribution in [1.29, 1.82) is 0 Å². The monoisotopic (exact) mass is 477 g/mol. The third kappa shape index (κ3) is 8.88. The number of amides is 2. The van der Waals surface area contributed by atoms with Gasteiger partial charge >= 0.3 is 12.1 Å². The second kappa shape index (κ2) is 13.4. The Kier molecular flexibility index (Phi) is 9.74. The molecule has 1 aromatic heterocycles. The number of esters is 1. The number of nitrogens with two attached hydrogens (primary N) is 1. The molecule has 2 amide bonds. The number of nitrogens with one attached hydrogen (secondary N) is 1. The van der Waals surface area contributed by atoms with Gasteiger partial charge in [0.05, 0.1) is 6.20 Å². The molecular weight excluding hydrogens is 448 g/mol. The van der Waals surface area contributed by atoms with Gasteiger partial charge in [-0.05, 0) is 24.0 Å². The van der Waals surface area contributed by atoms with Crippen LogP contribution in [-0.4, -0.2) is 29.0 Å². The molecule has 2 aromatic carbocycles. The molecule has 0 aliphatic carbocycles. The lowest BCUT2D eigenvalue weighted by Gasteiger charge is -2.17. The zero-order valence-corrected chi connectivity index (χ0v) is 19.3. The Morgan fingerprint density at radius 2 is 1.54 bits per heavy atom. The van der Waals surface area contributed by atoms with Gasteiger partial charge in [0.15, 0.2) is 18.1 Å². The van der Waals surface area contributed by atoms with E-state index in [1.165, 1.54) is 6.20 Å². The van der Waals surface area contributed by atoms with E-state index in [4.69, 9.17) is 15.2 Å². The van der Waals surface area contributed by atoms with Crippen LogP contribution in [-0.2, 0) is 34.0 Å². The van der Waals surface area contributed by atoms with Crippen molar-refractivity contribution >= 4 is 18.0 Å². The van der Waals surface area contributed by atoms with Gasteiger partial charge in [-0.25, -0.2) is 19.1 Å². The lowest BCUT2D eigenvalue weighted by molar-refractivity contribution is -0.698. The predicted octanol–water partition coefficient (Wildman–Crippen LogP) is 2.68. The van der Waals surface area contributed by atoms with E-state index in [1.807, 2.05) is 60.7 Å². The number of nitrogens with zero attached hydrogens (tertiary/aromatic N) is 2. The summed E-state index contributed by atoms with van der Waals surface area (Å²) in [7, 11) is 0. The van der Waals surface area contributed by atoms with E-state index in [9.17, 15) is 14.4 Å². The first kappa shape index (κ1) is 25.4. The summed E-state index contributed by atoms with van der Waals surface area (Å²) in [6.07, 6.45) is 5.80. The number of aromatic nitrogens is 2. The second-order valence-corrected chi connectivity index (χ2v) is 7.89. The number of benzene rings is 2. The highest BCUT2D eigenvalue weighted by Gasteiger charge is 2.23. The molecular formula is C26H29N4O5+. The second-order valence-electron chi connectivity index (χ2n) is 7.89. The number of ether oxygens (including phenoxy) is 2. The van der Waals surface area contributed by atoms with Crippen LogP contribution in [0.2, 0.25) is 0 Å². The highest BCUT2D eigenvalue weighted by molar-refractivity contribution is 5.90. The molecule has 3 aromatic rings. The number of carbonyl (C=O) groups is 3. The van der Waals surface area contributed by atoms with Crippen LogP contribution in [0.5, 0.6) is 0 Å². The van der Waals surface area contributed by atoms with Crippen molar-refractivity contribution in [2.75, 3.05) is 0 Å². The first-order valence-electron chi connectivity index (χ1n) is 11.3. The van der Waals surface area contributed by atoms with Crippen molar-refractivity contribution in [3.05, 3.63) is 96.1 Å². The molecule has 35 heavy (non-hydrogen) atoms. The Morgan fingerprint density at radius 3 is 2.17 bits per heavy atom. The van der Waals surface area contributed by atoms with Crippen molar-refractivity contribution in [1.82, 2.24) is 10.3 Å². The fourth-order valence-electron chi connectivity index (χ4n) is 3.33. The van der Waals surface area contributed by atoms with Gasteiger partial charge in [0.2, 0.25) is 0 Å². The molecule has 0 fully saturated rings. The Balaban J connectivity index is 1.53. The standard InChI is InChI=1S/C26H28N4O5/c27-24(31)23-17-30(16-14-28-23)15-8-7-13-22(25(32)34-18-20-9-3-1-4-10-20)29-26(33)35-19-21-11-5-2-6-12-21/h1-6,9-12,14,16-17,22H,7-8,13,15,18-19H2,(H2-,27,29,31,33)/p+1/t22-/m0/s1. The summed E-state index contributed by atoms with van der Waals surface area (Å²) in [5.74, 6) is -1.13. The van der Waals surface area contributed by atoms with Crippen LogP contribution < -0.4 is 15.6 Å². The van der Waals surface area contributed by atoms with E-state index in [0.717, 1.165) is 11.1 Å². The molecule has 0 unspecified atom stereocenters. The van der Waals surface area contributed by atoms with E-state index in [0.29, 0.717) is 25.8 Å². The van der Waals surface area contributed by atoms with Crippen molar-refractivity contribution in [3.8, 4) is 0 Å². The number of alkyl carbamates (subject to hydrolysis) is 1. The minimum atomic E-state index is -0.856. The summed E-state index contributed by atoms with van der Waals surface area (Å²) in [4.78, 5) is 40.3. The summed E-state index contributed by atoms with van der Waals surface area (Å²) in [5.41, 5.74) is 7.14. The number of primary amides is 1. The number of aryl methyl sites for hydroxylation is 1. The quantitative estimate of drug-likeness (QED) is 0.235. The van der Waals surface area contributed by atoms with Gasteiger partial charge in [0.1, 0.15) is 25.8 Å². The minimum Gasteiger partial charge on any atom is -0.459 e. The van der Waals surface area contributed by atoms with Crippen LogP contribution in [0.25, 0.3) is 0 Å². The number of unbranched alkanes of at least 4 members (excludes halogenated alkanes) is 1. The first-order chi connectivity index (χ1) is 17.0. The van der Waals surface area contributed by atoms with Crippen molar-refractivity contribution < 1.29 is 28.4 Å². The Bertz CT molecular complexity index is 1110. The average Bonchev–Trinajstić information content (AvgIpc) is 2.89. The maximum Gasteiger partial charge on any atom is 0.408 e. The van der Waals surface area contributed by atoms with E-state index >= 15 is 0 Å². The highest BCUT2D eigenvalue weighted by atomic mass is 16.6. The molecule has 9 nitrogen and oxygen atoms in total. The fourth-order valence-corrected chi connectivity index (χ4v) is 3.33. The topological polar surface area (TPSA) is 124 Å². The van der Waals surface area contributed by atoms with Crippen LogP contribution in [0.4, 0.5) is 4.79 Å². The Morgan fingerprint density at radius 1 is 0.914 bits per heavy atom. The molecule has 0 radical (unpaired) electrons. The SMILES string of the molecule is NC(=O)c1c[n+](CCCC[C@H](NC(=O)OCc2ccccc2)C(=O)OCc2ccccc2)ccn1. The largest absolute Gasteiger partial charge is 0.459 e. The molecule has 0 aliphatic rings. The lowest BCUT2D eigenvalue weighted by atomic mass is 10.1. The molecule has 9 heteroatoms.